The minimum atomic E-state index is -1.51. The fraction of sp³-hybridized carbons (Fsp3) is 0.889. The topological polar surface area (TPSA) is 12.5 Å². The van der Waals surface area contributed by atoms with Gasteiger partial charge >= 0.3 is 0 Å². The lowest BCUT2D eigenvalue weighted by Crippen LogP contribution is -2.52. The van der Waals surface area contributed by atoms with Gasteiger partial charge < -0.3 is 4.43 Å². The third-order valence-electron chi connectivity index (χ3n) is 5.82. The summed E-state index contributed by atoms with van der Waals surface area (Å²) in [6, 6.07) is 4.48. The Morgan fingerprint density at radius 3 is 2.48 bits per heavy atom. The van der Waals surface area contributed by atoms with Crippen LogP contribution in [0.4, 0.5) is 0 Å². The third kappa shape index (κ3) is 3.80. The van der Waals surface area contributed by atoms with Crippen LogP contribution in [0.5, 0.6) is 0 Å². The molecule has 0 bridgehead atoms. The number of hydrogen-bond donors (Lipinski definition) is 0. The molecule has 0 aromatic rings. The Labute approximate surface area is 133 Å². The molecular formula is C18H35NOSi. The van der Waals surface area contributed by atoms with Crippen molar-refractivity contribution in [1.82, 2.24) is 4.90 Å². The van der Waals surface area contributed by atoms with Crippen molar-refractivity contribution in [2.45, 2.75) is 90.1 Å². The van der Waals surface area contributed by atoms with Gasteiger partial charge in [-0.2, -0.15) is 0 Å². The lowest BCUT2D eigenvalue weighted by Gasteiger charge is -2.43. The molecule has 21 heavy (non-hydrogen) atoms. The highest BCUT2D eigenvalue weighted by atomic mass is 28.4. The van der Waals surface area contributed by atoms with Crippen LogP contribution in [0.15, 0.2) is 11.6 Å². The van der Waals surface area contributed by atoms with E-state index in [0.29, 0.717) is 12.1 Å². The molecule has 0 aliphatic carbocycles. The van der Waals surface area contributed by atoms with Crippen molar-refractivity contribution in [3.8, 4) is 0 Å². The fourth-order valence-electron chi connectivity index (χ4n) is 4.11. The summed E-state index contributed by atoms with van der Waals surface area (Å²) >= 11 is 0. The Balaban J connectivity index is 2.19. The maximum atomic E-state index is 6.98. The summed E-state index contributed by atoms with van der Waals surface area (Å²) in [6.07, 6.45) is 9.35. The molecule has 0 spiro atoms. The second-order valence-electron chi connectivity index (χ2n) is 6.85. The number of piperidine rings is 1. The normalized spacial score (nSPS) is 29.0. The third-order valence-corrected chi connectivity index (χ3v) is 10.4. The van der Waals surface area contributed by atoms with Crippen molar-refractivity contribution in [3.05, 3.63) is 11.6 Å². The minimum absolute atomic E-state index is 0.416. The van der Waals surface area contributed by atoms with E-state index >= 15 is 0 Å². The summed E-state index contributed by atoms with van der Waals surface area (Å²) in [6.45, 7) is 11.9. The van der Waals surface area contributed by atoms with Crippen LogP contribution in [0.3, 0.4) is 0 Å². The van der Waals surface area contributed by atoms with Gasteiger partial charge in [-0.15, -0.1) is 0 Å². The first-order valence-corrected chi connectivity index (χ1v) is 11.8. The molecule has 0 N–H and O–H groups in total. The van der Waals surface area contributed by atoms with E-state index in [0.717, 1.165) is 0 Å². The van der Waals surface area contributed by atoms with Crippen LogP contribution < -0.4 is 0 Å². The van der Waals surface area contributed by atoms with Gasteiger partial charge in [0.05, 0.1) is 6.10 Å². The van der Waals surface area contributed by atoms with E-state index < -0.39 is 8.32 Å². The summed E-state index contributed by atoms with van der Waals surface area (Å²) in [4.78, 5) is 2.70. The summed E-state index contributed by atoms with van der Waals surface area (Å²) in [5.74, 6) is 0. The molecule has 0 amide bonds. The summed E-state index contributed by atoms with van der Waals surface area (Å²) in [7, 11) is -1.51. The van der Waals surface area contributed by atoms with E-state index in [1.807, 2.05) is 0 Å². The average molecular weight is 310 g/mol. The molecule has 3 heteroatoms. The van der Waals surface area contributed by atoms with Crippen LogP contribution in [0.2, 0.25) is 18.1 Å². The fourth-order valence-corrected chi connectivity index (χ4v) is 6.95. The maximum Gasteiger partial charge on any atom is 0.192 e. The van der Waals surface area contributed by atoms with E-state index in [4.69, 9.17) is 4.43 Å². The van der Waals surface area contributed by atoms with E-state index in [-0.39, 0.29) is 0 Å². The Morgan fingerprint density at radius 1 is 1.14 bits per heavy atom. The van der Waals surface area contributed by atoms with Crippen LogP contribution in [0, 0.1) is 0 Å². The van der Waals surface area contributed by atoms with Gasteiger partial charge in [-0.1, -0.05) is 40.2 Å². The first-order valence-electron chi connectivity index (χ1n) is 9.30. The molecule has 0 unspecified atom stereocenters. The van der Waals surface area contributed by atoms with Crippen LogP contribution in [0.1, 0.15) is 59.8 Å². The Hall–Kier alpha value is -0.123. The predicted molar refractivity (Wildman–Crippen MR) is 94.3 cm³/mol. The van der Waals surface area contributed by atoms with Gasteiger partial charge in [-0.05, 0) is 55.9 Å². The Morgan fingerprint density at radius 2 is 1.86 bits per heavy atom. The van der Waals surface area contributed by atoms with Crippen LogP contribution in [-0.4, -0.2) is 38.5 Å². The highest BCUT2D eigenvalue weighted by Crippen LogP contribution is 2.36. The molecule has 0 saturated carbocycles. The number of allylic oxidation sites excluding steroid dienone is 1. The van der Waals surface area contributed by atoms with Crippen LogP contribution in [0.25, 0.3) is 0 Å². The number of nitrogens with zero attached hydrogens (tertiary/aromatic N) is 1. The van der Waals surface area contributed by atoms with Gasteiger partial charge in [0.2, 0.25) is 0 Å². The molecule has 2 heterocycles. The molecule has 0 aromatic carbocycles. The van der Waals surface area contributed by atoms with Crippen molar-refractivity contribution in [2.75, 3.05) is 13.1 Å². The lowest BCUT2D eigenvalue weighted by molar-refractivity contribution is 0.0823. The summed E-state index contributed by atoms with van der Waals surface area (Å²) in [5, 5.41) is 0. The molecule has 2 fully saturated rings. The van der Waals surface area contributed by atoms with Gasteiger partial charge in [-0.25, -0.2) is 0 Å². The molecule has 122 valence electrons. The SMILES string of the molecule is CCC/C=C1\CCN2CCC[C@H]2[C@@H]1O[Si](CC)(CC)CC. The quantitative estimate of drug-likeness (QED) is 0.486. The predicted octanol–water partition coefficient (Wildman–Crippen LogP) is 4.97. The molecular weight excluding hydrogens is 274 g/mol. The van der Waals surface area contributed by atoms with E-state index in [9.17, 15) is 0 Å². The maximum absolute atomic E-state index is 6.98. The van der Waals surface area contributed by atoms with Gasteiger partial charge in [0, 0.05) is 12.6 Å². The van der Waals surface area contributed by atoms with Crippen molar-refractivity contribution >= 4 is 8.32 Å². The first kappa shape index (κ1) is 17.2. The smallest absolute Gasteiger partial charge is 0.192 e. The minimum Gasteiger partial charge on any atom is -0.409 e. The molecule has 2 rings (SSSR count). The second-order valence-corrected chi connectivity index (χ2v) is 11.6. The van der Waals surface area contributed by atoms with Crippen molar-refractivity contribution < 1.29 is 4.43 Å². The Kier molecular flexibility index (Phi) is 6.51. The van der Waals surface area contributed by atoms with Gasteiger partial charge in [-0.3, -0.25) is 4.90 Å². The first-order chi connectivity index (χ1) is 10.2. The summed E-state index contributed by atoms with van der Waals surface area (Å²) in [5.41, 5.74) is 1.63. The average Bonchev–Trinajstić information content (AvgIpc) is 3.00. The molecule has 2 saturated heterocycles. The zero-order valence-electron chi connectivity index (χ0n) is 14.7. The molecule has 0 radical (unpaired) electrons. The highest BCUT2D eigenvalue weighted by molar-refractivity contribution is 6.73. The molecule has 2 aliphatic heterocycles. The van der Waals surface area contributed by atoms with E-state index in [2.05, 4.69) is 38.7 Å². The second kappa shape index (κ2) is 7.93. The number of rotatable bonds is 7. The summed E-state index contributed by atoms with van der Waals surface area (Å²) < 4.78 is 6.98. The zero-order chi connectivity index (χ0) is 15.3. The Bertz CT molecular complexity index is 343. The standard InChI is InChI=1S/C18H35NOSi/c1-5-9-11-16-13-15-19-14-10-12-17(19)18(16)20-21(6-2,7-3)8-4/h11,17-18H,5-10,12-15H2,1-4H3/b16-11+/t17-,18+/m0/s1. The van der Waals surface area contributed by atoms with Gasteiger partial charge in [0.15, 0.2) is 8.32 Å². The molecule has 2 atom stereocenters. The lowest BCUT2D eigenvalue weighted by atomic mass is 9.92. The van der Waals surface area contributed by atoms with Crippen LogP contribution >= 0.6 is 0 Å². The van der Waals surface area contributed by atoms with Crippen molar-refractivity contribution in [2.24, 2.45) is 0 Å². The monoisotopic (exact) mass is 309 g/mol. The van der Waals surface area contributed by atoms with E-state index in [1.54, 1.807) is 5.57 Å². The van der Waals surface area contributed by atoms with Gasteiger partial charge in [0.1, 0.15) is 0 Å². The molecule has 2 nitrogen and oxygen atoms in total. The molecule has 0 aromatic heterocycles. The number of fused-ring (bicyclic) bond motifs is 1. The van der Waals surface area contributed by atoms with Crippen LogP contribution in [-0.2, 0) is 4.43 Å². The number of hydrogen-bond acceptors (Lipinski definition) is 2. The largest absolute Gasteiger partial charge is 0.409 e. The van der Waals surface area contributed by atoms with Gasteiger partial charge in [0.25, 0.3) is 0 Å². The number of unbranched alkanes of at least 4 members (excludes halogenated alkanes) is 1. The van der Waals surface area contributed by atoms with E-state index in [1.165, 1.54) is 63.3 Å². The van der Waals surface area contributed by atoms with Crippen molar-refractivity contribution in [3.63, 3.8) is 0 Å². The molecule has 2 aliphatic rings. The van der Waals surface area contributed by atoms with Crippen molar-refractivity contribution in [1.29, 1.82) is 0 Å². The highest BCUT2D eigenvalue weighted by Gasteiger charge is 2.42. The zero-order valence-corrected chi connectivity index (χ0v) is 15.7.